The summed E-state index contributed by atoms with van der Waals surface area (Å²) >= 11 is 6.25. The number of Topliss-reactive ketones (excluding diaryl/α,β-unsaturated/α-hetero) is 1. The topological polar surface area (TPSA) is 17.1 Å². The van der Waals surface area contributed by atoms with Crippen molar-refractivity contribution in [3.63, 3.8) is 0 Å². The molecule has 0 saturated heterocycles. The smallest absolute Gasteiger partial charge is 0.159 e. The molecule has 0 aromatic heterocycles. The summed E-state index contributed by atoms with van der Waals surface area (Å²) in [5.41, 5.74) is 4.03. The van der Waals surface area contributed by atoms with Crippen LogP contribution in [0.1, 0.15) is 43.6 Å². The van der Waals surface area contributed by atoms with Crippen LogP contribution in [-0.4, -0.2) is 5.78 Å². The lowest BCUT2D eigenvalue weighted by molar-refractivity contribution is 0.101. The zero-order valence-corrected chi connectivity index (χ0v) is 13.1. The van der Waals surface area contributed by atoms with E-state index >= 15 is 0 Å². The van der Waals surface area contributed by atoms with Crippen molar-refractivity contribution in [1.29, 1.82) is 0 Å². The highest BCUT2D eigenvalue weighted by Gasteiger charge is 2.14. The fourth-order valence-corrected chi connectivity index (χ4v) is 2.34. The first-order valence-electron chi connectivity index (χ1n) is 6.70. The zero-order chi connectivity index (χ0) is 14.9. The Balaban J connectivity index is 2.46. The molecule has 0 N–H and O–H groups in total. The van der Waals surface area contributed by atoms with Crippen molar-refractivity contribution >= 4 is 17.4 Å². The molecule has 0 spiro atoms. The van der Waals surface area contributed by atoms with Crippen molar-refractivity contribution in [1.82, 2.24) is 0 Å². The lowest BCUT2D eigenvalue weighted by Crippen LogP contribution is -2.10. The minimum absolute atomic E-state index is 0.0502. The van der Waals surface area contributed by atoms with Crippen molar-refractivity contribution in [3.8, 4) is 11.1 Å². The molecule has 2 aromatic rings. The second-order valence-corrected chi connectivity index (χ2v) is 6.49. The maximum atomic E-state index is 11.5. The van der Waals surface area contributed by atoms with E-state index in [0.29, 0.717) is 10.6 Å². The summed E-state index contributed by atoms with van der Waals surface area (Å²) < 4.78 is 0. The number of halogens is 1. The summed E-state index contributed by atoms with van der Waals surface area (Å²) in [6.07, 6.45) is 0. The van der Waals surface area contributed by atoms with E-state index in [2.05, 4.69) is 45.0 Å². The van der Waals surface area contributed by atoms with Crippen LogP contribution in [0.3, 0.4) is 0 Å². The van der Waals surface area contributed by atoms with Crippen molar-refractivity contribution in [2.24, 2.45) is 0 Å². The Morgan fingerprint density at radius 2 is 1.60 bits per heavy atom. The third-order valence-electron chi connectivity index (χ3n) is 3.43. The minimum atomic E-state index is 0.0502. The van der Waals surface area contributed by atoms with Crippen LogP contribution >= 0.6 is 11.6 Å². The van der Waals surface area contributed by atoms with Gasteiger partial charge >= 0.3 is 0 Å². The molecule has 0 heterocycles. The van der Waals surface area contributed by atoms with E-state index in [1.807, 2.05) is 6.07 Å². The largest absolute Gasteiger partial charge is 0.295 e. The Kier molecular flexibility index (Phi) is 4.01. The number of hydrogen-bond donors (Lipinski definition) is 0. The number of carbonyl (C=O) groups is 1. The van der Waals surface area contributed by atoms with Gasteiger partial charge in [0, 0.05) is 16.1 Å². The molecule has 0 atom stereocenters. The third kappa shape index (κ3) is 3.10. The predicted molar refractivity (Wildman–Crippen MR) is 85.6 cm³/mol. The standard InChI is InChI=1S/C18H19ClO/c1-12(20)14-7-10-17(19)16(11-14)13-5-8-15(9-6-13)18(2,3)4/h5-11H,1-4H3. The number of rotatable bonds is 2. The Hall–Kier alpha value is -1.60. The fourth-order valence-electron chi connectivity index (χ4n) is 2.12. The fraction of sp³-hybridized carbons (Fsp3) is 0.278. The molecule has 0 unspecified atom stereocenters. The summed E-state index contributed by atoms with van der Waals surface area (Å²) in [6, 6.07) is 13.8. The molecule has 104 valence electrons. The number of carbonyl (C=O) groups excluding carboxylic acids is 1. The summed E-state index contributed by atoms with van der Waals surface area (Å²) in [4.78, 5) is 11.5. The molecule has 0 radical (unpaired) electrons. The van der Waals surface area contributed by atoms with E-state index in [4.69, 9.17) is 11.6 Å². The molecule has 2 aromatic carbocycles. The Labute approximate surface area is 125 Å². The first-order valence-corrected chi connectivity index (χ1v) is 7.08. The second kappa shape index (κ2) is 5.41. The van der Waals surface area contributed by atoms with Crippen molar-refractivity contribution in [2.75, 3.05) is 0 Å². The maximum absolute atomic E-state index is 11.5. The van der Waals surface area contributed by atoms with Crippen LogP contribution in [0.25, 0.3) is 11.1 Å². The van der Waals surface area contributed by atoms with Gasteiger partial charge in [-0.2, -0.15) is 0 Å². The van der Waals surface area contributed by atoms with Gasteiger partial charge in [0.2, 0.25) is 0 Å². The molecule has 0 aliphatic heterocycles. The summed E-state index contributed by atoms with van der Waals surface area (Å²) in [5.74, 6) is 0.0502. The van der Waals surface area contributed by atoms with E-state index in [9.17, 15) is 4.79 Å². The molecular formula is C18H19ClO. The molecule has 2 rings (SSSR count). The van der Waals surface area contributed by atoms with Gasteiger partial charge < -0.3 is 0 Å². The SMILES string of the molecule is CC(=O)c1ccc(Cl)c(-c2ccc(C(C)(C)C)cc2)c1. The summed E-state index contributed by atoms with van der Waals surface area (Å²) in [6.45, 7) is 8.12. The number of ketones is 1. The van der Waals surface area contributed by atoms with Crippen LogP contribution < -0.4 is 0 Å². The summed E-state index contributed by atoms with van der Waals surface area (Å²) in [5, 5.41) is 0.665. The lowest BCUT2D eigenvalue weighted by Gasteiger charge is -2.19. The van der Waals surface area contributed by atoms with E-state index in [1.54, 1.807) is 19.1 Å². The van der Waals surface area contributed by atoms with Gasteiger partial charge in [-0.05, 0) is 41.7 Å². The second-order valence-electron chi connectivity index (χ2n) is 6.08. The quantitative estimate of drug-likeness (QED) is 0.666. The van der Waals surface area contributed by atoms with Crippen molar-refractivity contribution < 1.29 is 4.79 Å². The van der Waals surface area contributed by atoms with Gasteiger partial charge in [0.15, 0.2) is 5.78 Å². The third-order valence-corrected chi connectivity index (χ3v) is 3.76. The van der Waals surface area contributed by atoms with Crippen molar-refractivity contribution in [3.05, 3.63) is 58.6 Å². The minimum Gasteiger partial charge on any atom is -0.295 e. The van der Waals surface area contributed by atoms with Crippen LogP contribution in [-0.2, 0) is 5.41 Å². The molecule has 0 aliphatic carbocycles. The van der Waals surface area contributed by atoms with Crippen LogP contribution in [0.4, 0.5) is 0 Å². The maximum Gasteiger partial charge on any atom is 0.159 e. The van der Waals surface area contributed by atoms with Gasteiger partial charge in [-0.15, -0.1) is 0 Å². The van der Waals surface area contributed by atoms with Gasteiger partial charge in [0.05, 0.1) is 0 Å². The summed E-state index contributed by atoms with van der Waals surface area (Å²) in [7, 11) is 0. The first kappa shape index (κ1) is 14.8. The highest BCUT2D eigenvalue weighted by Crippen LogP contribution is 2.31. The molecule has 2 heteroatoms. The van der Waals surface area contributed by atoms with Crippen LogP contribution in [0.15, 0.2) is 42.5 Å². The van der Waals surface area contributed by atoms with Gasteiger partial charge in [0.1, 0.15) is 0 Å². The van der Waals surface area contributed by atoms with Crippen LogP contribution in [0.2, 0.25) is 5.02 Å². The molecule has 0 amide bonds. The molecular weight excluding hydrogens is 268 g/mol. The molecule has 0 bridgehead atoms. The molecule has 20 heavy (non-hydrogen) atoms. The Morgan fingerprint density at radius 1 is 1.00 bits per heavy atom. The van der Waals surface area contributed by atoms with Gasteiger partial charge in [0.25, 0.3) is 0 Å². The predicted octanol–water partition coefficient (Wildman–Crippen LogP) is 5.51. The van der Waals surface area contributed by atoms with E-state index in [1.165, 1.54) is 5.56 Å². The average Bonchev–Trinajstić information content (AvgIpc) is 2.38. The Bertz CT molecular complexity index is 633. The van der Waals surface area contributed by atoms with Crippen LogP contribution in [0.5, 0.6) is 0 Å². The van der Waals surface area contributed by atoms with Gasteiger partial charge in [-0.3, -0.25) is 4.79 Å². The van der Waals surface area contributed by atoms with E-state index in [-0.39, 0.29) is 11.2 Å². The number of benzene rings is 2. The van der Waals surface area contributed by atoms with Crippen LogP contribution in [0, 0.1) is 0 Å². The van der Waals surface area contributed by atoms with E-state index in [0.717, 1.165) is 11.1 Å². The molecule has 0 aliphatic rings. The first-order chi connectivity index (χ1) is 9.29. The molecule has 1 nitrogen and oxygen atoms in total. The monoisotopic (exact) mass is 286 g/mol. The normalized spacial score (nSPS) is 11.4. The highest BCUT2D eigenvalue weighted by atomic mass is 35.5. The lowest BCUT2D eigenvalue weighted by atomic mass is 9.86. The number of hydrogen-bond acceptors (Lipinski definition) is 1. The van der Waals surface area contributed by atoms with Gasteiger partial charge in [-0.25, -0.2) is 0 Å². The van der Waals surface area contributed by atoms with Crippen molar-refractivity contribution in [2.45, 2.75) is 33.1 Å². The average molecular weight is 287 g/mol. The molecule has 0 saturated carbocycles. The zero-order valence-electron chi connectivity index (χ0n) is 12.3. The molecule has 0 fully saturated rings. The van der Waals surface area contributed by atoms with E-state index < -0.39 is 0 Å². The Morgan fingerprint density at radius 3 is 2.10 bits per heavy atom. The highest BCUT2D eigenvalue weighted by molar-refractivity contribution is 6.33. The van der Waals surface area contributed by atoms with Gasteiger partial charge in [-0.1, -0.05) is 56.6 Å².